The number of rotatable bonds is 7. The van der Waals surface area contributed by atoms with Gasteiger partial charge in [-0.2, -0.15) is 4.31 Å². The molecule has 1 aromatic carbocycles. The summed E-state index contributed by atoms with van der Waals surface area (Å²) in [7, 11) is -0.512. The number of carboxylic acids is 1. The van der Waals surface area contributed by atoms with E-state index >= 15 is 0 Å². The zero-order chi connectivity index (χ0) is 16.2. The molecule has 0 aliphatic heterocycles. The van der Waals surface area contributed by atoms with E-state index in [1.807, 2.05) is 0 Å². The average Bonchev–Trinajstić information content (AvgIpc) is 2.36. The maximum atomic E-state index is 12.6. The first-order chi connectivity index (χ1) is 9.64. The molecule has 0 saturated heterocycles. The Morgan fingerprint density at radius 1 is 1.24 bits per heavy atom. The second-order valence-electron chi connectivity index (χ2n) is 4.61. The Hall–Kier alpha value is -0.860. The molecule has 1 rings (SSSR count). The largest absolute Gasteiger partial charge is 0.480 e. The van der Waals surface area contributed by atoms with Crippen LogP contribution in [0.4, 0.5) is 0 Å². The Labute approximate surface area is 133 Å². The molecule has 1 aromatic rings. The van der Waals surface area contributed by atoms with Crippen LogP contribution in [0.1, 0.15) is 0 Å². The summed E-state index contributed by atoms with van der Waals surface area (Å²) in [6.07, 6.45) is 0. The van der Waals surface area contributed by atoms with E-state index < -0.39 is 22.5 Å². The standard InChI is InChI=1S/C12H16Cl2N2O4S/c1-15(2)5-6-16(8-12(17)18)21(19,20)11-7-9(13)3-4-10(11)14/h3-4,7H,5-6,8H2,1-2H3,(H,17,18). The first kappa shape index (κ1) is 18.2. The lowest BCUT2D eigenvalue weighted by atomic mass is 10.4. The van der Waals surface area contributed by atoms with Crippen molar-refractivity contribution < 1.29 is 18.3 Å². The minimum atomic E-state index is -4.04. The lowest BCUT2D eigenvalue weighted by Gasteiger charge is -2.22. The van der Waals surface area contributed by atoms with Gasteiger partial charge >= 0.3 is 5.97 Å². The molecule has 0 aliphatic rings. The van der Waals surface area contributed by atoms with Crippen LogP contribution in [0.25, 0.3) is 0 Å². The van der Waals surface area contributed by atoms with Crippen molar-refractivity contribution in [1.29, 1.82) is 0 Å². The van der Waals surface area contributed by atoms with Crippen LogP contribution in [-0.4, -0.2) is 62.4 Å². The second kappa shape index (κ2) is 7.42. The molecular formula is C12H16Cl2N2O4S. The summed E-state index contributed by atoms with van der Waals surface area (Å²) in [4.78, 5) is 12.5. The maximum Gasteiger partial charge on any atom is 0.318 e. The first-order valence-electron chi connectivity index (χ1n) is 5.96. The summed E-state index contributed by atoms with van der Waals surface area (Å²) < 4.78 is 26.0. The maximum absolute atomic E-state index is 12.6. The SMILES string of the molecule is CN(C)CCN(CC(=O)O)S(=O)(=O)c1cc(Cl)ccc1Cl. The van der Waals surface area contributed by atoms with Crippen molar-refractivity contribution in [1.82, 2.24) is 9.21 Å². The van der Waals surface area contributed by atoms with Crippen molar-refractivity contribution in [2.75, 3.05) is 33.7 Å². The molecule has 21 heavy (non-hydrogen) atoms. The number of hydrogen-bond acceptors (Lipinski definition) is 4. The van der Waals surface area contributed by atoms with Crippen molar-refractivity contribution in [3.05, 3.63) is 28.2 Å². The lowest BCUT2D eigenvalue weighted by Crippen LogP contribution is -2.40. The zero-order valence-corrected chi connectivity index (χ0v) is 13.9. The molecule has 6 nitrogen and oxygen atoms in total. The van der Waals surface area contributed by atoms with Crippen LogP contribution < -0.4 is 0 Å². The summed E-state index contributed by atoms with van der Waals surface area (Å²) in [5, 5.41) is 9.11. The minimum Gasteiger partial charge on any atom is -0.480 e. The fourth-order valence-corrected chi connectivity index (χ4v) is 3.68. The summed E-state index contributed by atoms with van der Waals surface area (Å²) in [6.45, 7) is -0.228. The van der Waals surface area contributed by atoms with Gasteiger partial charge in [-0.05, 0) is 32.3 Å². The highest BCUT2D eigenvalue weighted by molar-refractivity contribution is 7.89. The lowest BCUT2D eigenvalue weighted by molar-refractivity contribution is -0.137. The third-order valence-corrected chi connectivity index (χ3v) is 5.18. The number of likely N-dealkylation sites (N-methyl/N-ethyl adjacent to an activating group) is 1. The average molecular weight is 355 g/mol. The van der Waals surface area contributed by atoms with E-state index in [0.717, 1.165) is 4.31 Å². The van der Waals surface area contributed by atoms with Crippen LogP contribution in [0, 0.1) is 0 Å². The normalized spacial score (nSPS) is 12.1. The van der Waals surface area contributed by atoms with Gasteiger partial charge in [0.1, 0.15) is 11.4 Å². The first-order valence-corrected chi connectivity index (χ1v) is 8.16. The number of benzene rings is 1. The van der Waals surface area contributed by atoms with E-state index in [0.29, 0.717) is 6.54 Å². The van der Waals surface area contributed by atoms with Gasteiger partial charge < -0.3 is 10.0 Å². The molecular weight excluding hydrogens is 339 g/mol. The molecule has 0 spiro atoms. The number of sulfonamides is 1. The van der Waals surface area contributed by atoms with Gasteiger partial charge in [-0.25, -0.2) is 8.42 Å². The summed E-state index contributed by atoms with van der Waals surface area (Å²) >= 11 is 11.7. The molecule has 0 fully saturated rings. The van der Waals surface area contributed by atoms with Crippen LogP contribution in [-0.2, 0) is 14.8 Å². The van der Waals surface area contributed by atoms with Crippen molar-refractivity contribution in [3.63, 3.8) is 0 Å². The highest BCUT2D eigenvalue weighted by Crippen LogP contribution is 2.27. The van der Waals surface area contributed by atoms with E-state index in [1.165, 1.54) is 18.2 Å². The number of carboxylic acid groups (broad SMARTS) is 1. The van der Waals surface area contributed by atoms with Crippen LogP contribution in [0.5, 0.6) is 0 Å². The minimum absolute atomic E-state index is 0.000332. The van der Waals surface area contributed by atoms with Crippen molar-refractivity contribution in [3.8, 4) is 0 Å². The van der Waals surface area contributed by atoms with Gasteiger partial charge in [0, 0.05) is 18.1 Å². The van der Waals surface area contributed by atoms with E-state index in [-0.39, 0.29) is 21.5 Å². The summed E-state index contributed by atoms with van der Waals surface area (Å²) in [5.41, 5.74) is 0. The number of halogens is 2. The Morgan fingerprint density at radius 2 is 1.86 bits per heavy atom. The monoisotopic (exact) mass is 354 g/mol. The molecule has 0 aliphatic carbocycles. The highest BCUT2D eigenvalue weighted by Gasteiger charge is 2.28. The molecule has 0 atom stereocenters. The molecule has 1 N–H and O–H groups in total. The fraction of sp³-hybridized carbons (Fsp3) is 0.417. The van der Waals surface area contributed by atoms with E-state index in [2.05, 4.69) is 0 Å². The Bertz CT molecular complexity index is 620. The van der Waals surface area contributed by atoms with Gasteiger partial charge in [0.05, 0.1) is 5.02 Å². The quantitative estimate of drug-likeness (QED) is 0.804. The fourth-order valence-electron chi connectivity index (χ4n) is 1.56. The van der Waals surface area contributed by atoms with Gasteiger partial charge in [0.2, 0.25) is 10.0 Å². The van der Waals surface area contributed by atoms with E-state index in [4.69, 9.17) is 28.3 Å². The molecule has 0 bridgehead atoms. The van der Waals surface area contributed by atoms with Gasteiger partial charge in [-0.15, -0.1) is 0 Å². The van der Waals surface area contributed by atoms with Crippen LogP contribution in [0.3, 0.4) is 0 Å². The molecule has 0 unspecified atom stereocenters. The molecule has 0 saturated carbocycles. The number of nitrogens with zero attached hydrogens (tertiary/aromatic N) is 2. The van der Waals surface area contributed by atoms with Gasteiger partial charge in [-0.3, -0.25) is 4.79 Å². The predicted molar refractivity (Wildman–Crippen MR) is 81.4 cm³/mol. The number of aliphatic carboxylic acids is 1. The molecule has 0 radical (unpaired) electrons. The van der Waals surface area contributed by atoms with Crippen LogP contribution in [0.2, 0.25) is 10.0 Å². The second-order valence-corrected chi connectivity index (χ2v) is 7.36. The Balaban J connectivity index is 3.19. The third kappa shape index (κ3) is 5.12. The van der Waals surface area contributed by atoms with Crippen LogP contribution >= 0.6 is 23.2 Å². The Morgan fingerprint density at radius 3 is 2.38 bits per heavy atom. The van der Waals surface area contributed by atoms with Gasteiger partial charge in [-0.1, -0.05) is 23.2 Å². The molecule has 9 heteroatoms. The molecule has 0 amide bonds. The summed E-state index contributed by atoms with van der Waals surface area (Å²) in [5.74, 6) is -1.24. The molecule has 118 valence electrons. The topological polar surface area (TPSA) is 77.9 Å². The van der Waals surface area contributed by atoms with E-state index in [1.54, 1.807) is 19.0 Å². The smallest absolute Gasteiger partial charge is 0.318 e. The number of carbonyl (C=O) groups is 1. The molecule has 0 aromatic heterocycles. The predicted octanol–water partition coefficient (Wildman–Crippen LogP) is 1.63. The van der Waals surface area contributed by atoms with Gasteiger partial charge in [0.15, 0.2) is 0 Å². The van der Waals surface area contributed by atoms with Crippen LogP contribution in [0.15, 0.2) is 23.1 Å². The summed E-state index contributed by atoms with van der Waals surface area (Å²) in [6, 6.07) is 4.04. The van der Waals surface area contributed by atoms with Gasteiger partial charge in [0.25, 0.3) is 0 Å². The Kier molecular flexibility index (Phi) is 6.42. The van der Waals surface area contributed by atoms with E-state index in [9.17, 15) is 13.2 Å². The number of hydrogen-bond donors (Lipinski definition) is 1. The van der Waals surface area contributed by atoms with Crippen molar-refractivity contribution in [2.24, 2.45) is 0 Å². The molecule has 0 heterocycles. The third-order valence-electron chi connectivity index (χ3n) is 2.62. The van der Waals surface area contributed by atoms with Crippen molar-refractivity contribution >= 4 is 39.2 Å². The zero-order valence-electron chi connectivity index (χ0n) is 11.6. The van der Waals surface area contributed by atoms with Crippen molar-refractivity contribution in [2.45, 2.75) is 4.90 Å². The highest BCUT2D eigenvalue weighted by atomic mass is 35.5.